The Morgan fingerprint density at radius 2 is 2.00 bits per heavy atom. The second-order valence-electron chi connectivity index (χ2n) is 3.51. The van der Waals surface area contributed by atoms with Gasteiger partial charge in [0.05, 0.1) is 12.4 Å². The summed E-state index contributed by atoms with van der Waals surface area (Å²) in [6, 6.07) is -0.0446. The first-order valence-electron chi connectivity index (χ1n) is 4.96. The molecule has 0 radical (unpaired) electrons. The van der Waals surface area contributed by atoms with Gasteiger partial charge in [-0.05, 0) is 19.3 Å². The number of ether oxygens (including phenoxy) is 1. The van der Waals surface area contributed by atoms with Crippen LogP contribution < -0.4 is 5.73 Å². The van der Waals surface area contributed by atoms with E-state index in [-0.39, 0.29) is 17.5 Å². The molecule has 4 nitrogen and oxygen atoms in total. The molecule has 0 aromatic heterocycles. The second-order valence-corrected chi connectivity index (χ2v) is 5.81. The van der Waals surface area contributed by atoms with E-state index in [0.29, 0.717) is 25.9 Å². The van der Waals surface area contributed by atoms with E-state index in [2.05, 4.69) is 0 Å². The minimum atomic E-state index is -2.84. The van der Waals surface area contributed by atoms with Crippen LogP contribution in [0.15, 0.2) is 0 Å². The largest absolute Gasteiger partial charge is 0.383 e. The molecule has 0 fully saturated rings. The number of sulfone groups is 1. The molecule has 0 saturated carbocycles. The summed E-state index contributed by atoms with van der Waals surface area (Å²) in [7, 11) is -1.25. The van der Waals surface area contributed by atoms with Gasteiger partial charge in [-0.1, -0.05) is 6.92 Å². The van der Waals surface area contributed by atoms with Crippen molar-refractivity contribution in [2.45, 2.75) is 32.2 Å². The summed E-state index contributed by atoms with van der Waals surface area (Å²) in [6.07, 6.45) is 2.02. The Kier molecular flexibility index (Phi) is 7.13. The van der Waals surface area contributed by atoms with Gasteiger partial charge >= 0.3 is 0 Å². The summed E-state index contributed by atoms with van der Waals surface area (Å²) in [5, 5.41) is 0. The van der Waals surface area contributed by atoms with E-state index >= 15 is 0 Å². The zero-order valence-corrected chi connectivity index (χ0v) is 9.85. The first-order chi connectivity index (χ1) is 6.52. The van der Waals surface area contributed by atoms with Gasteiger partial charge in [-0.15, -0.1) is 0 Å². The maximum absolute atomic E-state index is 11.3. The Hall–Kier alpha value is -0.130. The molecule has 2 N–H and O–H groups in total. The van der Waals surface area contributed by atoms with E-state index < -0.39 is 9.84 Å². The summed E-state index contributed by atoms with van der Waals surface area (Å²) < 4.78 is 27.5. The van der Waals surface area contributed by atoms with E-state index in [1.807, 2.05) is 6.92 Å². The van der Waals surface area contributed by atoms with Crippen LogP contribution in [0.3, 0.4) is 0 Å². The van der Waals surface area contributed by atoms with Crippen molar-refractivity contribution >= 4 is 9.84 Å². The van der Waals surface area contributed by atoms with Crippen LogP contribution in [0.5, 0.6) is 0 Å². The van der Waals surface area contributed by atoms with Gasteiger partial charge in [0.25, 0.3) is 0 Å². The predicted octanol–water partition coefficient (Wildman–Crippen LogP) is 0.565. The van der Waals surface area contributed by atoms with E-state index in [9.17, 15) is 8.42 Å². The zero-order valence-electron chi connectivity index (χ0n) is 9.03. The van der Waals surface area contributed by atoms with Gasteiger partial charge in [-0.25, -0.2) is 8.42 Å². The molecule has 0 saturated heterocycles. The molecular formula is C9H21NO3S. The van der Waals surface area contributed by atoms with Crippen molar-refractivity contribution in [3.8, 4) is 0 Å². The molecule has 14 heavy (non-hydrogen) atoms. The third kappa shape index (κ3) is 7.29. The lowest BCUT2D eigenvalue weighted by Gasteiger charge is -2.09. The average Bonchev–Trinajstić information content (AvgIpc) is 2.03. The molecule has 0 aliphatic rings. The standard InChI is InChI=1S/C9H21NO3S/c1-3-6-14(11,12)7-4-5-9(10)8-13-2/h9H,3-8,10H2,1-2H3. The van der Waals surface area contributed by atoms with Crippen LogP contribution in [-0.2, 0) is 14.6 Å². The second kappa shape index (κ2) is 7.20. The molecule has 0 bridgehead atoms. The number of hydrogen-bond acceptors (Lipinski definition) is 4. The monoisotopic (exact) mass is 223 g/mol. The number of rotatable bonds is 8. The van der Waals surface area contributed by atoms with Crippen LogP contribution in [0.1, 0.15) is 26.2 Å². The Labute approximate surface area is 86.7 Å². The SMILES string of the molecule is CCCS(=O)(=O)CCCC(N)COC. The summed E-state index contributed by atoms with van der Waals surface area (Å²) in [4.78, 5) is 0. The third-order valence-electron chi connectivity index (χ3n) is 1.93. The molecule has 0 aromatic carbocycles. The molecule has 86 valence electrons. The van der Waals surface area contributed by atoms with Crippen LogP contribution in [-0.4, -0.2) is 39.7 Å². The quantitative estimate of drug-likeness (QED) is 0.653. The van der Waals surface area contributed by atoms with Crippen molar-refractivity contribution in [2.24, 2.45) is 5.73 Å². The van der Waals surface area contributed by atoms with E-state index in [1.54, 1.807) is 7.11 Å². The molecule has 1 unspecified atom stereocenters. The summed E-state index contributed by atoms with van der Waals surface area (Å²) in [6.45, 7) is 2.36. The predicted molar refractivity (Wildman–Crippen MR) is 58.0 cm³/mol. The fourth-order valence-corrected chi connectivity index (χ4v) is 2.71. The van der Waals surface area contributed by atoms with Crippen LogP contribution in [0.2, 0.25) is 0 Å². The Balaban J connectivity index is 3.63. The van der Waals surface area contributed by atoms with Gasteiger partial charge in [-0.2, -0.15) is 0 Å². The molecule has 0 amide bonds. The molecule has 0 aliphatic heterocycles. The maximum Gasteiger partial charge on any atom is 0.150 e. The Bertz CT molecular complexity index is 226. The van der Waals surface area contributed by atoms with Gasteiger partial charge < -0.3 is 10.5 Å². The average molecular weight is 223 g/mol. The van der Waals surface area contributed by atoms with E-state index in [4.69, 9.17) is 10.5 Å². The zero-order chi connectivity index (χ0) is 11.0. The van der Waals surface area contributed by atoms with Crippen LogP contribution in [0.4, 0.5) is 0 Å². The van der Waals surface area contributed by atoms with E-state index in [0.717, 1.165) is 0 Å². The van der Waals surface area contributed by atoms with Crippen LogP contribution in [0.25, 0.3) is 0 Å². The van der Waals surface area contributed by atoms with Crippen LogP contribution >= 0.6 is 0 Å². The summed E-state index contributed by atoms with van der Waals surface area (Å²) in [5.41, 5.74) is 5.67. The molecule has 1 atom stereocenters. The number of hydrogen-bond donors (Lipinski definition) is 1. The van der Waals surface area contributed by atoms with Crippen molar-refractivity contribution in [2.75, 3.05) is 25.2 Å². The normalized spacial score (nSPS) is 14.2. The lowest BCUT2D eigenvalue weighted by Crippen LogP contribution is -2.26. The summed E-state index contributed by atoms with van der Waals surface area (Å²) in [5.74, 6) is 0.533. The van der Waals surface area contributed by atoms with Crippen molar-refractivity contribution in [1.29, 1.82) is 0 Å². The molecule has 0 spiro atoms. The maximum atomic E-state index is 11.3. The van der Waals surface area contributed by atoms with Crippen molar-refractivity contribution in [3.05, 3.63) is 0 Å². The molecule has 5 heteroatoms. The fourth-order valence-electron chi connectivity index (χ4n) is 1.28. The fraction of sp³-hybridized carbons (Fsp3) is 1.00. The van der Waals surface area contributed by atoms with Crippen molar-refractivity contribution in [3.63, 3.8) is 0 Å². The molecule has 0 rings (SSSR count). The highest BCUT2D eigenvalue weighted by Gasteiger charge is 2.10. The topological polar surface area (TPSA) is 69.4 Å². The number of methoxy groups -OCH3 is 1. The lowest BCUT2D eigenvalue weighted by atomic mass is 10.2. The third-order valence-corrected chi connectivity index (χ3v) is 3.87. The van der Waals surface area contributed by atoms with Crippen LogP contribution in [0, 0.1) is 0 Å². The molecule has 0 aromatic rings. The Morgan fingerprint density at radius 1 is 1.36 bits per heavy atom. The van der Waals surface area contributed by atoms with Crippen molar-refractivity contribution < 1.29 is 13.2 Å². The number of nitrogens with two attached hydrogens (primary N) is 1. The van der Waals surface area contributed by atoms with Gasteiger partial charge in [0.15, 0.2) is 0 Å². The lowest BCUT2D eigenvalue weighted by molar-refractivity contribution is 0.177. The highest BCUT2D eigenvalue weighted by atomic mass is 32.2. The summed E-state index contributed by atoms with van der Waals surface area (Å²) >= 11 is 0. The van der Waals surface area contributed by atoms with Gasteiger partial charge in [0, 0.05) is 18.9 Å². The van der Waals surface area contributed by atoms with Crippen molar-refractivity contribution in [1.82, 2.24) is 0 Å². The van der Waals surface area contributed by atoms with Gasteiger partial charge in [-0.3, -0.25) is 0 Å². The smallest absolute Gasteiger partial charge is 0.150 e. The van der Waals surface area contributed by atoms with Gasteiger partial charge in [0.1, 0.15) is 9.84 Å². The highest BCUT2D eigenvalue weighted by Crippen LogP contribution is 2.01. The minimum absolute atomic E-state index is 0.0446. The molecule has 0 aliphatic carbocycles. The minimum Gasteiger partial charge on any atom is -0.383 e. The van der Waals surface area contributed by atoms with E-state index in [1.165, 1.54) is 0 Å². The highest BCUT2D eigenvalue weighted by molar-refractivity contribution is 7.91. The first-order valence-corrected chi connectivity index (χ1v) is 6.79. The molecular weight excluding hydrogens is 202 g/mol. The Morgan fingerprint density at radius 3 is 2.50 bits per heavy atom. The molecule has 0 heterocycles. The first kappa shape index (κ1) is 13.9. The van der Waals surface area contributed by atoms with Gasteiger partial charge in [0.2, 0.25) is 0 Å².